The predicted octanol–water partition coefficient (Wildman–Crippen LogP) is 2.20. The molecular formula is C15H23N3OS. The number of aromatic nitrogens is 1. The Morgan fingerprint density at radius 2 is 2.50 bits per heavy atom. The van der Waals surface area contributed by atoms with Gasteiger partial charge in [0.15, 0.2) is 0 Å². The van der Waals surface area contributed by atoms with E-state index in [1.54, 1.807) is 0 Å². The zero-order chi connectivity index (χ0) is 14.0. The lowest BCUT2D eigenvalue weighted by Gasteiger charge is -2.41. The molecule has 3 rings (SSSR count). The average molecular weight is 293 g/mol. The summed E-state index contributed by atoms with van der Waals surface area (Å²) in [5, 5.41) is 0. The maximum Gasteiger partial charge on any atom is 0.0783 e. The van der Waals surface area contributed by atoms with Gasteiger partial charge in [-0.2, -0.15) is 11.8 Å². The van der Waals surface area contributed by atoms with Gasteiger partial charge >= 0.3 is 0 Å². The largest absolute Gasteiger partial charge is 0.374 e. The third-order valence-corrected chi connectivity index (χ3v) is 5.86. The van der Waals surface area contributed by atoms with Crippen molar-refractivity contribution >= 4 is 11.8 Å². The summed E-state index contributed by atoms with van der Waals surface area (Å²) in [5.74, 6) is 8.74. The second kappa shape index (κ2) is 6.02. The molecule has 1 aromatic rings. The van der Waals surface area contributed by atoms with E-state index in [1.165, 1.54) is 17.7 Å². The molecule has 3 atom stereocenters. The van der Waals surface area contributed by atoms with E-state index in [1.807, 2.05) is 24.0 Å². The van der Waals surface area contributed by atoms with Crippen molar-refractivity contribution in [2.24, 2.45) is 11.8 Å². The Balaban J connectivity index is 1.81. The number of nitrogens with zero attached hydrogens (tertiary/aromatic N) is 1. The lowest BCUT2D eigenvalue weighted by atomic mass is 9.79. The number of thioether (sulfide) groups is 1. The Morgan fingerprint density at radius 3 is 3.20 bits per heavy atom. The number of aryl methyl sites for hydroxylation is 1. The standard InChI is InChI=1S/C15H23N3OS/c1-11-13(3-2-6-17-11)14(18-16)12-4-7-19-15(9-12)5-8-20-10-15/h2-3,6,12,14,18H,4-5,7-10,16H2,1H3. The minimum atomic E-state index is 0.0960. The van der Waals surface area contributed by atoms with E-state index in [9.17, 15) is 0 Å². The lowest BCUT2D eigenvalue weighted by molar-refractivity contribution is -0.0854. The molecule has 0 saturated carbocycles. The molecule has 0 aromatic carbocycles. The van der Waals surface area contributed by atoms with Crippen LogP contribution in [-0.4, -0.2) is 28.7 Å². The summed E-state index contributed by atoms with van der Waals surface area (Å²) in [6.07, 6.45) is 5.18. The number of nitrogens with two attached hydrogens (primary N) is 1. The summed E-state index contributed by atoms with van der Waals surface area (Å²) in [6, 6.07) is 4.31. The molecule has 2 saturated heterocycles. The van der Waals surface area contributed by atoms with E-state index in [2.05, 4.69) is 23.4 Å². The molecule has 5 heteroatoms. The van der Waals surface area contributed by atoms with Gasteiger partial charge in [0.05, 0.1) is 11.6 Å². The van der Waals surface area contributed by atoms with Crippen molar-refractivity contribution in [3.8, 4) is 0 Å². The van der Waals surface area contributed by atoms with E-state index in [4.69, 9.17) is 10.6 Å². The van der Waals surface area contributed by atoms with Crippen molar-refractivity contribution in [3.05, 3.63) is 29.6 Å². The van der Waals surface area contributed by atoms with Crippen molar-refractivity contribution in [1.82, 2.24) is 10.4 Å². The molecule has 0 aliphatic carbocycles. The smallest absolute Gasteiger partial charge is 0.0783 e. The monoisotopic (exact) mass is 293 g/mol. The van der Waals surface area contributed by atoms with Crippen LogP contribution in [0.4, 0.5) is 0 Å². The predicted molar refractivity (Wildman–Crippen MR) is 82.4 cm³/mol. The number of ether oxygens (including phenoxy) is 1. The summed E-state index contributed by atoms with van der Waals surface area (Å²) >= 11 is 2.01. The Kier molecular flexibility index (Phi) is 4.31. The van der Waals surface area contributed by atoms with Crippen LogP contribution in [0.5, 0.6) is 0 Å². The van der Waals surface area contributed by atoms with Crippen LogP contribution >= 0.6 is 11.8 Å². The van der Waals surface area contributed by atoms with Crippen molar-refractivity contribution in [3.63, 3.8) is 0 Å². The minimum Gasteiger partial charge on any atom is -0.374 e. The third-order valence-electron chi connectivity index (χ3n) is 4.63. The highest BCUT2D eigenvalue weighted by Crippen LogP contribution is 2.44. The van der Waals surface area contributed by atoms with E-state index in [-0.39, 0.29) is 11.6 Å². The Hall–Kier alpha value is -0.620. The van der Waals surface area contributed by atoms with Gasteiger partial charge in [-0.25, -0.2) is 0 Å². The van der Waals surface area contributed by atoms with Crippen LogP contribution in [-0.2, 0) is 4.74 Å². The molecule has 1 aromatic heterocycles. The third kappa shape index (κ3) is 2.72. The first-order valence-electron chi connectivity index (χ1n) is 7.33. The van der Waals surface area contributed by atoms with Crippen molar-refractivity contribution in [2.75, 3.05) is 18.1 Å². The highest BCUT2D eigenvalue weighted by molar-refractivity contribution is 7.99. The molecular weight excluding hydrogens is 270 g/mol. The normalized spacial score (nSPS) is 31.6. The van der Waals surface area contributed by atoms with Crippen LogP contribution in [0, 0.1) is 12.8 Å². The number of hydrogen-bond donors (Lipinski definition) is 2. The molecule has 110 valence electrons. The van der Waals surface area contributed by atoms with Crippen molar-refractivity contribution in [2.45, 2.75) is 37.8 Å². The molecule has 3 N–H and O–H groups in total. The first-order chi connectivity index (χ1) is 9.74. The maximum absolute atomic E-state index is 6.11. The van der Waals surface area contributed by atoms with Crippen molar-refractivity contribution in [1.29, 1.82) is 0 Å². The van der Waals surface area contributed by atoms with E-state index >= 15 is 0 Å². The summed E-state index contributed by atoms with van der Waals surface area (Å²) in [5.41, 5.74) is 5.42. The fraction of sp³-hybridized carbons (Fsp3) is 0.667. The van der Waals surface area contributed by atoms with Crippen molar-refractivity contribution < 1.29 is 4.74 Å². The molecule has 20 heavy (non-hydrogen) atoms. The van der Waals surface area contributed by atoms with Gasteiger partial charge in [0.25, 0.3) is 0 Å². The Morgan fingerprint density at radius 1 is 1.60 bits per heavy atom. The van der Waals surface area contributed by atoms with Crippen LogP contribution in [0.3, 0.4) is 0 Å². The first kappa shape index (κ1) is 14.3. The van der Waals surface area contributed by atoms with Crippen LogP contribution in [0.25, 0.3) is 0 Å². The zero-order valence-corrected chi connectivity index (χ0v) is 12.8. The van der Waals surface area contributed by atoms with Gasteiger partial charge < -0.3 is 4.74 Å². The van der Waals surface area contributed by atoms with Gasteiger partial charge in [-0.3, -0.25) is 16.3 Å². The molecule has 2 aliphatic heterocycles. The fourth-order valence-corrected chi connectivity index (χ4v) is 4.90. The topological polar surface area (TPSA) is 60.2 Å². The van der Waals surface area contributed by atoms with Crippen LogP contribution < -0.4 is 11.3 Å². The molecule has 0 amide bonds. The molecule has 3 unspecified atom stereocenters. The number of hydrogen-bond acceptors (Lipinski definition) is 5. The summed E-state index contributed by atoms with van der Waals surface area (Å²) in [7, 11) is 0. The second-order valence-electron chi connectivity index (χ2n) is 5.91. The first-order valence-corrected chi connectivity index (χ1v) is 8.49. The molecule has 2 aliphatic rings. The Labute approximate surface area is 124 Å². The van der Waals surface area contributed by atoms with E-state index in [0.29, 0.717) is 5.92 Å². The molecule has 3 heterocycles. The van der Waals surface area contributed by atoms with Gasteiger partial charge in [0, 0.05) is 24.3 Å². The molecule has 0 radical (unpaired) electrons. The maximum atomic E-state index is 6.11. The zero-order valence-electron chi connectivity index (χ0n) is 12.0. The summed E-state index contributed by atoms with van der Waals surface area (Å²) < 4.78 is 6.11. The molecule has 2 fully saturated rings. The molecule has 1 spiro atoms. The lowest BCUT2D eigenvalue weighted by Crippen LogP contribution is -2.45. The van der Waals surface area contributed by atoms with Crippen LogP contribution in [0.15, 0.2) is 18.3 Å². The number of pyridine rings is 1. The van der Waals surface area contributed by atoms with Crippen LogP contribution in [0.2, 0.25) is 0 Å². The fourth-order valence-electron chi connectivity index (χ4n) is 3.52. The van der Waals surface area contributed by atoms with Gasteiger partial charge in [-0.15, -0.1) is 0 Å². The van der Waals surface area contributed by atoms with Gasteiger partial charge in [-0.05, 0) is 49.5 Å². The Bertz CT molecular complexity index is 462. The quantitative estimate of drug-likeness (QED) is 0.661. The second-order valence-corrected chi connectivity index (χ2v) is 7.01. The molecule has 4 nitrogen and oxygen atoms in total. The minimum absolute atomic E-state index is 0.0960. The summed E-state index contributed by atoms with van der Waals surface area (Å²) in [6.45, 7) is 2.91. The van der Waals surface area contributed by atoms with Gasteiger partial charge in [0.1, 0.15) is 0 Å². The number of rotatable bonds is 3. The highest BCUT2D eigenvalue weighted by Gasteiger charge is 2.42. The SMILES string of the molecule is Cc1ncccc1C(NN)C1CCOC2(CCSC2)C1. The van der Waals surface area contributed by atoms with Gasteiger partial charge in [0.2, 0.25) is 0 Å². The number of hydrazine groups is 1. The van der Waals surface area contributed by atoms with Gasteiger partial charge in [-0.1, -0.05) is 6.07 Å². The summed E-state index contributed by atoms with van der Waals surface area (Å²) in [4.78, 5) is 4.40. The van der Waals surface area contributed by atoms with E-state index in [0.717, 1.165) is 30.9 Å². The highest BCUT2D eigenvalue weighted by atomic mass is 32.2. The van der Waals surface area contributed by atoms with E-state index < -0.39 is 0 Å². The molecule has 0 bridgehead atoms. The number of nitrogens with one attached hydrogen (secondary N) is 1. The van der Waals surface area contributed by atoms with Crippen LogP contribution in [0.1, 0.15) is 36.6 Å². The average Bonchev–Trinajstić information content (AvgIpc) is 2.90.